The number of hydrogen-bond acceptors (Lipinski definition) is 3. The van der Waals surface area contributed by atoms with E-state index in [0.29, 0.717) is 19.0 Å². The van der Waals surface area contributed by atoms with E-state index in [1.54, 1.807) is 0 Å². The Morgan fingerprint density at radius 1 is 1.29 bits per heavy atom. The van der Waals surface area contributed by atoms with Crippen LogP contribution in [0.25, 0.3) is 0 Å². The summed E-state index contributed by atoms with van der Waals surface area (Å²) in [4.78, 5) is 2.16. The van der Waals surface area contributed by atoms with Gasteiger partial charge in [-0.3, -0.25) is 4.90 Å². The molecule has 76 valence electrons. The van der Waals surface area contributed by atoms with Crippen LogP contribution in [0.2, 0.25) is 0 Å². The number of hydrogen-bond donors (Lipinski definition) is 0. The van der Waals surface area contributed by atoms with Gasteiger partial charge in [-0.25, -0.2) is 0 Å². The molecule has 1 rings (SSSR count). The quantitative estimate of drug-likeness (QED) is 0.624. The van der Waals surface area contributed by atoms with Crippen LogP contribution in [0.15, 0.2) is 0 Å². The Bertz CT molecular complexity index is 265. The first-order chi connectivity index (χ1) is 6.63. The van der Waals surface area contributed by atoms with Gasteiger partial charge in [-0.2, -0.15) is 10.5 Å². The minimum Gasteiger partial charge on any atom is -0.288 e. The minimum atomic E-state index is 0.218. The summed E-state index contributed by atoms with van der Waals surface area (Å²) in [5.74, 6) is 0. The maximum atomic E-state index is 8.69. The van der Waals surface area contributed by atoms with Crippen LogP contribution in [0, 0.1) is 28.1 Å². The van der Waals surface area contributed by atoms with Crippen LogP contribution in [0.3, 0.4) is 0 Å². The number of nitrogens with zero attached hydrogens (tertiary/aromatic N) is 3. The highest BCUT2D eigenvalue weighted by Crippen LogP contribution is 2.49. The second-order valence-electron chi connectivity index (χ2n) is 4.49. The molecule has 0 atom stereocenters. The molecule has 3 nitrogen and oxygen atoms in total. The zero-order valence-corrected chi connectivity index (χ0v) is 8.95. The second kappa shape index (κ2) is 4.44. The van der Waals surface area contributed by atoms with Crippen molar-refractivity contribution in [3.8, 4) is 12.1 Å². The normalized spacial score (nSPS) is 17.9. The van der Waals surface area contributed by atoms with E-state index in [1.807, 2.05) is 0 Å². The molecule has 1 fully saturated rings. The predicted molar refractivity (Wildman–Crippen MR) is 54.2 cm³/mol. The summed E-state index contributed by atoms with van der Waals surface area (Å²) in [5, 5.41) is 17.4. The molecule has 0 spiro atoms. The molecule has 1 aliphatic rings. The summed E-state index contributed by atoms with van der Waals surface area (Å²) < 4.78 is 0. The fourth-order valence-corrected chi connectivity index (χ4v) is 1.68. The summed E-state index contributed by atoms with van der Waals surface area (Å²) in [6.45, 7) is 5.58. The zero-order chi connectivity index (χ0) is 10.6. The first kappa shape index (κ1) is 11.0. The Morgan fingerprint density at radius 3 is 2.29 bits per heavy atom. The average Bonchev–Trinajstić information content (AvgIpc) is 2.85. The molecule has 0 heterocycles. The highest BCUT2D eigenvalue weighted by molar-refractivity contribution is 5.02. The van der Waals surface area contributed by atoms with Gasteiger partial charge in [-0.05, 0) is 32.1 Å². The van der Waals surface area contributed by atoms with Gasteiger partial charge < -0.3 is 0 Å². The fraction of sp³-hybridized carbons (Fsp3) is 0.818. The van der Waals surface area contributed by atoms with Crippen molar-refractivity contribution in [2.45, 2.75) is 39.2 Å². The van der Waals surface area contributed by atoms with Gasteiger partial charge in [0.2, 0.25) is 0 Å². The van der Waals surface area contributed by atoms with Crippen molar-refractivity contribution >= 4 is 0 Å². The van der Waals surface area contributed by atoms with Crippen LogP contribution < -0.4 is 0 Å². The maximum Gasteiger partial charge on any atom is 0.0868 e. The van der Waals surface area contributed by atoms with E-state index in [2.05, 4.69) is 30.9 Å². The van der Waals surface area contributed by atoms with Gasteiger partial charge in [0.1, 0.15) is 0 Å². The van der Waals surface area contributed by atoms with Gasteiger partial charge in [0.25, 0.3) is 0 Å². The predicted octanol–water partition coefficient (Wildman–Crippen LogP) is 1.91. The van der Waals surface area contributed by atoms with Crippen molar-refractivity contribution < 1.29 is 0 Å². The molecule has 0 amide bonds. The van der Waals surface area contributed by atoms with Crippen LogP contribution in [-0.4, -0.2) is 24.0 Å². The van der Waals surface area contributed by atoms with Gasteiger partial charge >= 0.3 is 0 Å². The lowest BCUT2D eigenvalue weighted by Crippen LogP contribution is -2.36. The molecule has 0 unspecified atom stereocenters. The third-order valence-electron chi connectivity index (χ3n) is 2.95. The van der Waals surface area contributed by atoms with Gasteiger partial charge in [0, 0.05) is 19.0 Å². The van der Waals surface area contributed by atoms with E-state index in [9.17, 15) is 0 Å². The fourth-order valence-electron chi connectivity index (χ4n) is 1.68. The minimum absolute atomic E-state index is 0.218. The lowest BCUT2D eigenvalue weighted by Gasteiger charge is -2.27. The molecule has 0 aromatic heterocycles. The molecule has 0 N–H and O–H groups in total. The van der Waals surface area contributed by atoms with Crippen LogP contribution in [0.4, 0.5) is 0 Å². The smallest absolute Gasteiger partial charge is 0.0868 e. The monoisotopic (exact) mass is 191 g/mol. The van der Waals surface area contributed by atoms with Crippen molar-refractivity contribution in [1.82, 2.24) is 4.90 Å². The third-order valence-corrected chi connectivity index (χ3v) is 2.95. The van der Waals surface area contributed by atoms with Crippen LogP contribution in [-0.2, 0) is 0 Å². The molecule has 0 saturated heterocycles. The van der Waals surface area contributed by atoms with Crippen molar-refractivity contribution in [1.29, 1.82) is 10.5 Å². The van der Waals surface area contributed by atoms with Crippen LogP contribution >= 0.6 is 0 Å². The summed E-state index contributed by atoms with van der Waals surface area (Å²) in [6.07, 6.45) is 2.94. The first-order valence-electron chi connectivity index (χ1n) is 5.11. The second-order valence-corrected chi connectivity index (χ2v) is 4.49. The van der Waals surface area contributed by atoms with E-state index in [-0.39, 0.29) is 5.41 Å². The van der Waals surface area contributed by atoms with Gasteiger partial charge in [0.05, 0.1) is 18.7 Å². The Labute approximate surface area is 85.9 Å². The lowest BCUT2D eigenvalue weighted by molar-refractivity contribution is 0.200. The van der Waals surface area contributed by atoms with Gasteiger partial charge in [0.15, 0.2) is 0 Å². The van der Waals surface area contributed by atoms with Crippen molar-refractivity contribution in [3.63, 3.8) is 0 Å². The van der Waals surface area contributed by atoms with E-state index in [4.69, 9.17) is 10.5 Å². The van der Waals surface area contributed by atoms with Crippen molar-refractivity contribution in [2.75, 3.05) is 13.1 Å². The Morgan fingerprint density at radius 2 is 1.93 bits per heavy atom. The molecule has 1 saturated carbocycles. The Hall–Kier alpha value is -1.06. The largest absolute Gasteiger partial charge is 0.288 e. The summed E-state index contributed by atoms with van der Waals surface area (Å²) in [7, 11) is 0. The molecule has 3 heteroatoms. The molecule has 0 aromatic rings. The third kappa shape index (κ3) is 2.72. The molecule has 0 aromatic carbocycles. The highest BCUT2D eigenvalue weighted by atomic mass is 15.2. The summed E-state index contributed by atoms with van der Waals surface area (Å²) >= 11 is 0. The van der Waals surface area contributed by atoms with E-state index < -0.39 is 0 Å². The molecule has 1 aliphatic carbocycles. The molecular weight excluding hydrogens is 174 g/mol. The zero-order valence-electron chi connectivity index (χ0n) is 8.95. The van der Waals surface area contributed by atoms with E-state index in [1.165, 1.54) is 0 Å². The topological polar surface area (TPSA) is 50.8 Å². The number of rotatable bonds is 5. The van der Waals surface area contributed by atoms with Crippen LogP contribution in [0.1, 0.15) is 33.1 Å². The van der Waals surface area contributed by atoms with E-state index >= 15 is 0 Å². The molecule has 14 heavy (non-hydrogen) atoms. The lowest BCUT2D eigenvalue weighted by atomic mass is 10.0. The number of nitriles is 2. The van der Waals surface area contributed by atoms with E-state index in [0.717, 1.165) is 19.4 Å². The average molecular weight is 191 g/mol. The Balaban J connectivity index is 2.48. The molecule has 0 radical (unpaired) electrons. The van der Waals surface area contributed by atoms with Crippen LogP contribution in [0.5, 0.6) is 0 Å². The standard InChI is InChI=1S/C11H17N3/c1-10(2)14(8-7-13)9-11(3-4-11)5-6-12/h10H,3-5,8-9H2,1-2H3. The molecule has 0 bridgehead atoms. The maximum absolute atomic E-state index is 8.69. The van der Waals surface area contributed by atoms with Crippen molar-refractivity contribution in [2.24, 2.45) is 5.41 Å². The SMILES string of the molecule is CC(C)N(CC#N)CC1(CC#N)CC1. The van der Waals surface area contributed by atoms with Gasteiger partial charge in [-0.1, -0.05) is 0 Å². The Kier molecular flexibility index (Phi) is 3.49. The highest BCUT2D eigenvalue weighted by Gasteiger charge is 2.43. The molecule has 0 aliphatic heterocycles. The van der Waals surface area contributed by atoms with Crippen molar-refractivity contribution in [3.05, 3.63) is 0 Å². The molecular formula is C11H17N3. The first-order valence-corrected chi connectivity index (χ1v) is 5.11. The summed E-state index contributed by atoms with van der Waals surface area (Å²) in [5.41, 5.74) is 0.218. The summed E-state index contributed by atoms with van der Waals surface area (Å²) in [6, 6.07) is 4.83. The van der Waals surface area contributed by atoms with Gasteiger partial charge in [-0.15, -0.1) is 0 Å².